The molecule has 1 unspecified atom stereocenters. The smallest absolute Gasteiger partial charge is 0.229 e. The predicted molar refractivity (Wildman–Crippen MR) is 54.1 cm³/mol. The number of hydrogen-bond acceptors (Lipinski definition) is 2. The van der Waals surface area contributed by atoms with Gasteiger partial charge in [0.25, 0.3) is 0 Å². The molecule has 0 saturated carbocycles. The van der Waals surface area contributed by atoms with Gasteiger partial charge >= 0.3 is 0 Å². The first-order chi connectivity index (χ1) is 7.49. The highest BCUT2D eigenvalue weighted by atomic mass is 19.1. The number of carbonyl (C=O) groups is 1. The second-order valence-corrected chi connectivity index (χ2v) is 3.92. The van der Waals surface area contributed by atoms with Crippen molar-refractivity contribution in [1.82, 2.24) is 0 Å². The van der Waals surface area contributed by atoms with Gasteiger partial charge in [-0.05, 0) is 18.6 Å². The molecule has 3 nitrogen and oxygen atoms in total. The lowest BCUT2D eigenvalue weighted by Gasteiger charge is -2.17. The summed E-state index contributed by atoms with van der Waals surface area (Å²) in [7, 11) is 0. The monoisotopic (exact) mass is 227 g/mol. The molecular formula is C11H11F2NO2. The van der Waals surface area contributed by atoms with Gasteiger partial charge in [0.2, 0.25) is 5.91 Å². The van der Waals surface area contributed by atoms with Gasteiger partial charge in [-0.25, -0.2) is 8.78 Å². The standard InChI is InChI=1S/C11H11F2NO2/c1-6-2-9(13)10(4-8(6)12)14-5-7(15)3-11(14)16/h2,4,7,15H,3,5H2,1H3. The largest absolute Gasteiger partial charge is 0.391 e. The lowest BCUT2D eigenvalue weighted by atomic mass is 10.2. The highest BCUT2D eigenvalue weighted by Gasteiger charge is 2.31. The molecule has 0 bridgehead atoms. The van der Waals surface area contributed by atoms with E-state index in [1.165, 1.54) is 6.92 Å². The Morgan fingerprint density at radius 3 is 2.62 bits per heavy atom. The van der Waals surface area contributed by atoms with E-state index in [2.05, 4.69) is 0 Å². The molecule has 0 radical (unpaired) electrons. The zero-order chi connectivity index (χ0) is 11.9. The zero-order valence-electron chi connectivity index (χ0n) is 8.70. The molecule has 0 aliphatic carbocycles. The molecule has 1 aromatic rings. The number of rotatable bonds is 1. The molecular weight excluding hydrogens is 216 g/mol. The third-order valence-corrected chi connectivity index (χ3v) is 2.62. The molecule has 1 saturated heterocycles. The Balaban J connectivity index is 2.41. The number of β-amino-alcohol motifs (C(OH)–C–C–N with tert-alkyl or cyclic N) is 1. The van der Waals surface area contributed by atoms with Crippen molar-refractivity contribution in [3.05, 3.63) is 29.3 Å². The van der Waals surface area contributed by atoms with E-state index >= 15 is 0 Å². The van der Waals surface area contributed by atoms with Gasteiger partial charge in [0, 0.05) is 6.07 Å². The van der Waals surface area contributed by atoms with Crippen LogP contribution in [0.2, 0.25) is 0 Å². The molecule has 1 heterocycles. The fourth-order valence-electron chi connectivity index (χ4n) is 1.76. The Labute approximate surface area is 91.3 Å². The number of nitrogens with zero attached hydrogens (tertiary/aromatic N) is 1. The Kier molecular flexibility index (Phi) is 2.63. The summed E-state index contributed by atoms with van der Waals surface area (Å²) in [5.74, 6) is -1.61. The van der Waals surface area contributed by atoms with E-state index in [-0.39, 0.29) is 24.2 Å². The normalized spacial score (nSPS) is 20.6. The van der Waals surface area contributed by atoms with Gasteiger partial charge in [-0.2, -0.15) is 0 Å². The van der Waals surface area contributed by atoms with Crippen molar-refractivity contribution in [2.45, 2.75) is 19.4 Å². The average Bonchev–Trinajstić information content (AvgIpc) is 2.51. The van der Waals surface area contributed by atoms with E-state index in [1.807, 2.05) is 0 Å². The second-order valence-electron chi connectivity index (χ2n) is 3.92. The first-order valence-corrected chi connectivity index (χ1v) is 4.93. The molecule has 2 rings (SSSR count). The average molecular weight is 227 g/mol. The van der Waals surface area contributed by atoms with Crippen LogP contribution in [0.4, 0.5) is 14.5 Å². The zero-order valence-corrected chi connectivity index (χ0v) is 8.70. The summed E-state index contributed by atoms with van der Waals surface area (Å²) >= 11 is 0. The summed E-state index contributed by atoms with van der Waals surface area (Å²) in [6.45, 7) is 1.46. The number of halogens is 2. The number of amides is 1. The molecule has 1 amide bonds. The van der Waals surface area contributed by atoms with E-state index in [0.717, 1.165) is 17.0 Å². The minimum atomic E-state index is -0.809. The van der Waals surface area contributed by atoms with E-state index in [9.17, 15) is 18.7 Å². The molecule has 1 N–H and O–H groups in total. The van der Waals surface area contributed by atoms with E-state index in [4.69, 9.17) is 0 Å². The molecule has 86 valence electrons. The molecule has 1 aliphatic rings. The maximum Gasteiger partial charge on any atom is 0.229 e. The summed E-state index contributed by atoms with van der Waals surface area (Å²) in [6, 6.07) is 2.03. The fourth-order valence-corrected chi connectivity index (χ4v) is 1.76. The van der Waals surface area contributed by atoms with Crippen LogP contribution in [0.1, 0.15) is 12.0 Å². The maximum atomic E-state index is 13.5. The van der Waals surface area contributed by atoms with Gasteiger partial charge in [-0.3, -0.25) is 4.79 Å². The van der Waals surface area contributed by atoms with E-state index in [1.54, 1.807) is 0 Å². The molecule has 1 aliphatic heterocycles. The third-order valence-electron chi connectivity index (χ3n) is 2.62. The Morgan fingerprint density at radius 1 is 1.38 bits per heavy atom. The first-order valence-electron chi connectivity index (χ1n) is 4.93. The number of hydrogen-bond donors (Lipinski definition) is 1. The lowest BCUT2D eigenvalue weighted by Crippen LogP contribution is -2.26. The summed E-state index contributed by atoms with van der Waals surface area (Å²) in [4.78, 5) is 12.5. The van der Waals surface area contributed by atoms with Gasteiger partial charge in [-0.1, -0.05) is 0 Å². The molecule has 16 heavy (non-hydrogen) atoms. The summed E-state index contributed by atoms with van der Waals surface area (Å²) < 4.78 is 26.8. The van der Waals surface area contributed by atoms with Crippen LogP contribution in [0.3, 0.4) is 0 Å². The molecule has 1 fully saturated rings. The second kappa shape index (κ2) is 3.83. The minimum absolute atomic E-state index is 0.0122. The van der Waals surface area contributed by atoms with Crippen molar-refractivity contribution in [1.29, 1.82) is 0 Å². The number of aryl methyl sites for hydroxylation is 1. The number of benzene rings is 1. The van der Waals surface area contributed by atoms with Crippen LogP contribution < -0.4 is 4.90 Å². The van der Waals surface area contributed by atoms with Crippen molar-refractivity contribution in [2.75, 3.05) is 11.4 Å². The SMILES string of the molecule is Cc1cc(F)c(N2CC(O)CC2=O)cc1F. The maximum absolute atomic E-state index is 13.5. The molecule has 0 aromatic heterocycles. The van der Waals surface area contributed by atoms with Crippen LogP contribution in [0.5, 0.6) is 0 Å². The number of carbonyl (C=O) groups excluding carboxylic acids is 1. The third kappa shape index (κ3) is 1.78. The van der Waals surface area contributed by atoms with Crippen LogP contribution in [0, 0.1) is 18.6 Å². The summed E-state index contributed by atoms with van der Waals surface area (Å²) in [5, 5.41) is 9.27. The number of aliphatic hydroxyl groups is 1. The molecule has 1 atom stereocenters. The van der Waals surface area contributed by atoms with Crippen molar-refractivity contribution in [3.8, 4) is 0 Å². The quantitative estimate of drug-likeness (QED) is 0.787. The first kappa shape index (κ1) is 11.0. The Bertz CT molecular complexity index is 448. The van der Waals surface area contributed by atoms with Gasteiger partial charge in [0.1, 0.15) is 11.6 Å². The highest BCUT2D eigenvalue weighted by Crippen LogP contribution is 2.26. The van der Waals surface area contributed by atoms with Crippen molar-refractivity contribution < 1.29 is 18.7 Å². The fraction of sp³-hybridized carbons (Fsp3) is 0.364. The van der Waals surface area contributed by atoms with Crippen LogP contribution in [-0.2, 0) is 4.79 Å². The van der Waals surface area contributed by atoms with E-state index in [0.29, 0.717) is 0 Å². The number of aliphatic hydroxyl groups excluding tert-OH is 1. The molecule has 1 aromatic carbocycles. The van der Waals surface area contributed by atoms with Crippen molar-refractivity contribution >= 4 is 11.6 Å². The van der Waals surface area contributed by atoms with Crippen LogP contribution in [0.15, 0.2) is 12.1 Å². The van der Waals surface area contributed by atoms with Crippen LogP contribution in [0.25, 0.3) is 0 Å². The van der Waals surface area contributed by atoms with Crippen molar-refractivity contribution in [2.24, 2.45) is 0 Å². The lowest BCUT2D eigenvalue weighted by molar-refractivity contribution is -0.117. The van der Waals surface area contributed by atoms with Crippen LogP contribution >= 0.6 is 0 Å². The summed E-state index contributed by atoms with van der Waals surface area (Å²) in [6.07, 6.45) is -0.856. The highest BCUT2D eigenvalue weighted by molar-refractivity contribution is 5.96. The van der Waals surface area contributed by atoms with E-state index < -0.39 is 23.6 Å². The Morgan fingerprint density at radius 2 is 2.06 bits per heavy atom. The molecule has 0 spiro atoms. The molecule has 5 heteroatoms. The van der Waals surface area contributed by atoms with Crippen LogP contribution in [-0.4, -0.2) is 23.7 Å². The topological polar surface area (TPSA) is 40.5 Å². The van der Waals surface area contributed by atoms with Crippen molar-refractivity contribution in [3.63, 3.8) is 0 Å². The minimum Gasteiger partial charge on any atom is -0.391 e. The summed E-state index contributed by atoms with van der Waals surface area (Å²) in [5.41, 5.74) is 0.0816. The van der Waals surface area contributed by atoms with Gasteiger partial charge in [0.15, 0.2) is 0 Å². The Hall–Kier alpha value is -1.49. The predicted octanol–water partition coefficient (Wildman–Crippen LogP) is 1.37. The number of anilines is 1. The van der Waals surface area contributed by atoms with Gasteiger partial charge in [0.05, 0.1) is 24.8 Å². The van der Waals surface area contributed by atoms with Gasteiger partial charge in [-0.15, -0.1) is 0 Å². The van der Waals surface area contributed by atoms with Gasteiger partial charge < -0.3 is 10.0 Å².